The monoisotopic (exact) mass is 411 g/mol. The van der Waals surface area contributed by atoms with Gasteiger partial charge in [-0.3, -0.25) is 9.38 Å². The van der Waals surface area contributed by atoms with Crippen LogP contribution in [0.25, 0.3) is 16.8 Å². The van der Waals surface area contributed by atoms with Crippen molar-refractivity contribution in [1.29, 1.82) is 0 Å². The second-order valence-corrected chi connectivity index (χ2v) is 6.76. The molecule has 148 valence electrons. The maximum atomic E-state index is 14.4. The van der Waals surface area contributed by atoms with Gasteiger partial charge in [-0.2, -0.15) is 0 Å². The van der Waals surface area contributed by atoms with Crippen LogP contribution in [0.3, 0.4) is 0 Å². The van der Waals surface area contributed by atoms with E-state index >= 15 is 0 Å². The van der Waals surface area contributed by atoms with Gasteiger partial charge >= 0.3 is 0 Å². The Kier molecular flexibility index (Phi) is 5.07. The third-order valence-electron chi connectivity index (χ3n) is 5.11. The van der Waals surface area contributed by atoms with E-state index in [1.54, 1.807) is 18.6 Å². The lowest BCUT2D eigenvalue weighted by Gasteiger charge is -2.16. The number of fused-ring (bicyclic) bond motifs is 4. The van der Waals surface area contributed by atoms with E-state index in [1.807, 2.05) is 35.6 Å². The lowest BCUT2D eigenvalue weighted by atomic mass is 10.0. The van der Waals surface area contributed by atoms with Crippen LogP contribution >= 0.6 is 12.4 Å². The molecular weight excluding hydrogens is 393 g/mol. The van der Waals surface area contributed by atoms with E-state index in [-0.39, 0.29) is 18.2 Å². The molecule has 1 aromatic carbocycles. The second-order valence-electron chi connectivity index (χ2n) is 6.76. The van der Waals surface area contributed by atoms with Crippen LogP contribution in [0.4, 0.5) is 10.2 Å². The van der Waals surface area contributed by atoms with Crippen LogP contribution in [0.2, 0.25) is 0 Å². The molecule has 0 amide bonds. The topological polar surface area (TPSA) is 64.3 Å². The summed E-state index contributed by atoms with van der Waals surface area (Å²) in [5, 5.41) is 11.7. The molecule has 6 nitrogen and oxygen atoms in total. The Morgan fingerprint density at radius 2 is 2.07 bits per heavy atom. The minimum Gasteiger partial charge on any atom is -0.489 e. The molecule has 0 fully saturated rings. The first-order valence-corrected chi connectivity index (χ1v) is 9.14. The maximum Gasteiger partial charge on any atom is 0.170 e. The van der Waals surface area contributed by atoms with E-state index in [2.05, 4.69) is 20.5 Å². The predicted molar refractivity (Wildman–Crippen MR) is 111 cm³/mol. The highest BCUT2D eigenvalue weighted by Gasteiger charge is 2.20. The van der Waals surface area contributed by atoms with E-state index in [0.29, 0.717) is 42.4 Å². The Morgan fingerprint density at radius 3 is 2.93 bits per heavy atom. The van der Waals surface area contributed by atoms with Gasteiger partial charge in [0.05, 0.1) is 6.61 Å². The van der Waals surface area contributed by atoms with Crippen LogP contribution in [-0.4, -0.2) is 26.2 Å². The van der Waals surface area contributed by atoms with Crippen LogP contribution in [-0.2, 0) is 13.0 Å². The molecule has 0 aliphatic carbocycles. The largest absolute Gasteiger partial charge is 0.489 e. The second kappa shape index (κ2) is 7.67. The molecule has 5 rings (SSSR count). The van der Waals surface area contributed by atoms with Crippen LogP contribution < -0.4 is 10.1 Å². The fourth-order valence-electron chi connectivity index (χ4n) is 3.69. The number of nitrogens with one attached hydrogen (secondary N) is 1. The van der Waals surface area contributed by atoms with Crippen molar-refractivity contribution >= 4 is 23.9 Å². The Labute approximate surface area is 173 Å². The molecule has 3 aromatic heterocycles. The normalized spacial score (nSPS) is 13.0. The number of benzene rings is 1. The Morgan fingerprint density at radius 1 is 1.17 bits per heavy atom. The molecule has 0 bridgehead atoms. The zero-order valence-electron chi connectivity index (χ0n) is 15.7. The predicted octanol–water partition coefficient (Wildman–Crippen LogP) is 4.21. The number of hydrogen-bond donors (Lipinski definition) is 1. The summed E-state index contributed by atoms with van der Waals surface area (Å²) in [5.74, 6) is 1.18. The van der Waals surface area contributed by atoms with Gasteiger partial charge in [-0.1, -0.05) is 18.2 Å². The highest BCUT2D eigenvalue weighted by atomic mass is 35.5. The molecule has 0 saturated heterocycles. The molecule has 8 heteroatoms. The molecule has 4 heterocycles. The van der Waals surface area contributed by atoms with Crippen molar-refractivity contribution in [2.75, 3.05) is 11.9 Å². The van der Waals surface area contributed by atoms with Gasteiger partial charge in [-0.05, 0) is 30.7 Å². The van der Waals surface area contributed by atoms with E-state index < -0.39 is 0 Å². The van der Waals surface area contributed by atoms with Gasteiger partial charge in [-0.25, -0.2) is 4.39 Å². The van der Waals surface area contributed by atoms with Gasteiger partial charge in [0.1, 0.15) is 12.1 Å². The standard InChI is InChI=1S/C21H18FN5O.ClH/c1-13-15(5-3-8-23-13)16-10-19-21(27-12-25-26-20(16)27)24-11-17-14(7-9-28-19)4-2-6-18(17)22;/h2-6,8,10,12,24H,7,9,11H2,1H3;1H. The van der Waals surface area contributed by atoms with Gasteiger partial charge in [0.25, 0.3) is 0 Å². The minimum atomic E-state index is -0.212. The quantitative estimate of drug-likeness (QED) is 0.508. The fraction of sp³-hybridized carbons (Fsp3) is 0.190. The third-order valence-corrected chi connectivity index (χ3v) is 5.11. The molecule has 1 N–H and O–H groups in total. The van der Waals surface area contributed by atoms with Crippen molar-refractivity contribution in [3.63, 3.8) is 0 Å². The molecule has 0 radical (unpaired) electrons. The molecular formula is C21H19ClFN5O. The van der Waals surface area contributed by atoms with Gasteiger partial charge in [0.15, 0.2) is 17.2 Å². The summed E-state index contributed by atoms with van der Waals surface area (Å²) in [4.78, 5) is 4.39. The van der Waals surface area contributed by atoms with Crippen LogP contribution in [0, 0.1) is 12.7 Å². The fourth-order valence-corrected chi connectivity index (χ4v) is 3.69. The SMILES string of the molecule is Cc1ncccc1-c1cc2c(n3cnnc13)NCc1c(F)cccc1CCO2.Cl. The summed E-state index contributed by atoms with van der Waals surface area (Å²) < 4.78 is 22.3. The number of nitrogens with zero attached hydrogens (tertiary/aromatic N) is 4. The number of rotatable bonds is 1. The molecule has 1 aliphatic rings. The first-order valence-electron chi connectivity index (χ1n) is 9.14. The van der Waals surface area contributed by atoms with Crippen LogP contribution in [0.15, 0.2) is 48.9 Å². The summed E-state index contributed by atoms with van der Waals surface area (Å²) >= 11 is 0. The van der Waals surface area contributed by atoms with Gasteiger partial charge < -0.3 is 10.1 Å². The highest BCUT2D eigenvalue weighted by molar-refractivity contribution is 5.85. The smallest absolute Gasteiger partial charge is 0.170 e. The van der Waals surface area contributed by atoms with E-state index in [0.717, 1.165) is 22.4 Å². The number of aryl methyl sites for hydroxylation is 1. The number of aromatic nitrogens is 4. The summed E-state index contributed by atoms with van der Waals surface area (Å²) in [7, 11) is 0. The first kappa shape index (κ1) is 19.1. The minimum absolute atomic E-state index is 0. The lowest BCUT2D eigenvalue weighted by Crippen LogP contribution is -2.08. The number of hydrogen-bond acceptors (Lipinski definition) is 5. The van der Waals surface area contributed by atoms with Crippen molar-refractivity contribution in [3.05, 3.63) is 71.6 Å². The van der Waals surface area contributed by atoms with Gasteiger partial charge in [0, 0.05) is 41.5 Å². The van der Waals surface area contributed by atoms with Crippen molar-refractivity contribution < 1.29 is 9.13 Å². The van der Waals surface area contributed by atoms with E-state index in [4.69, 9.17) is 4.74 Å². The molecule has 0 spiro atoms. The van der Waals surface area contributed by atoms with E-state index in [9.17, 15) is 4.39 Å². The Bertz CT molecular complexity index is 1190. The molecule has 4 aromatic rings. The molecule has 1 aliphatic heterocycles. The Balaban J connectivity index is 0.00000205. The zero-order chi connectivity index (χ0) is 19.1. The van der Waals surface area contributed by atoms with Crippen molar-refractivity contribution in [3.8, 4) is 16.9 Å². The maximum absolute atomic E-state index is 14.4. The number of anilines is 1. The van der Waals surface area contributed by atoms with Crippen LogP contribution in [0.1, 0.15) is 16.8 Å². The van der Waals surface area contributed by atoms with Crippen molar-refractivity contribution in [2.45, 2.75) is 19.9 Å². The van der Waals surface area contributed by atoms with Gasteiger partial charge in [0.2, 0.25) is 0 Å². The number of pyridine rings is 2. The average molecular weight is 412 g/mol. The lowest BCUT2D eigenvalue weighted by molar-refractivity contribution is 0.322. The first-order chi connectivity index (χ1) is 13.7. The number of ether oxygens (including phenoxy) is 1. The average Bonchev–Trinajstić information content (AvgIpc) is 3.20. The van der Waals surface area contributed by atoms with Crippen molar-refractivity contribution in [1.82, 2.24) is 19.6 Å². The zero-order valence-corrected chi connectivity index (χ0v) is 16.5. The summed E-state index contributed by atoms with van der Waals surface area (Å²) in [6.07, 6.45) is 4.04. The van der Waals surface area contributed by atoms with Gasteiger partial charge in [-0.15, -0.1) is 22.6 Å². The van der Waals surface area contributed by atoms with Crippen molar-refractivity contribution in [2.24, 2.45) is 0 Å². The third kappa shape index (κ3) is 3.27. The summed E-state index contributed by atoms with van der Waals surface area (Å²) in [5.41, 5.74) is 5.07. The molecule has 0 atom stereocenters. The Hall–Kier alpha value is -3.19. The molecule has 0 unspecified atom stereocenters. The highest BCUT2D eigenvalue weighted by Crippen LogP contribution is 2.36. The molecule has 0 saturated carbocycles. The molecule has 29 heavy (non-hydrogen) atoms. The van der Waals surface area contributed by atoms with E-state index in [1.165, 1.54) is 6.07 Å². The summed E-state index contributed by atoms with van der Waals surface area (Å²) in [6, 6.07) is 11.0. The van der Waals surface area contributed by atoms with Crippen LogP contribution in [0.5, 0.6) is 5.75 Å². The number of halogens is 2. The summed E-state index contributed by atoms with van der Waals surface area (Å²) in [6.45, 7) is 2.77.